The van der Waals surface area contributed by atoms with E-state index in [0.717, 1.165) is 71.8 Å². The number of hydrogen-bond donors (Lipinski definition) is 0. The van der Waals surface area contributed by atoms with Crippen LogP contribution in [0.2, 0.25) is 0 Å². The Hall–Kier alpha value is -8.31. The molecule has 0 unspecified atom stereocenters. The van der Waals surface area contributed by atoms with Crippen LogP contribution in [0.3, 0.4) is 0 Å². The maximum atomic E-state index is 11.0. The minimum Gasteiger partial charge on any atom is -0.309 e. The third-order valence-corrected chi connectivity index (χ3v) is 10.4. The average Bonchev–Trinajstić information content (AvgIpc) is 3.78. The van der Waals surface area contributed by atoms with E-state index in [1.807, 2.05) is 152 Å². The van der Waals surface area contributed by atoms with Crippen LogP contribution >= 0.6 is 0 Å². The van der Waals surface area contributed by atoms with Crippen LogP contribution in [0.4, 0.5) is 5.69 Å². The second kappa shape index (κ2) is 13.0. The SMILES string of the molecule is [C-]#[N+]c1ccc2c(c1)c1ccccc1n2-c1cc(C#N)c(-n2c3ccccc3c3cc(C#N)ccc32)cc1-c1nc(-c2ccccc2)cc(-c2ccccc2)n1. The molecule has 258 valence electrons. The van der Waals surface area contributed by atoms with E-state index >= 15 is 0 Å². The lowest BCUT2D eigenvalue weighted by Gasteiger charge is -2.19. The van der Waals surface area contributed by atoms with Crippen molar-refractivity contribution in [3.8, 4) is 57.4 Å². The second-order valence-electron chi connectivity index (χ2n) is 13.6. The molecule has 0 radical (unpaired) electrons. The molecule has 7 nitrogen and oxygen atoms in total. The van der Waals surface area contributed by atoms with Gasteiger partial charge in [0.1, 0.15) is 6.07 Å². The van der Waals surface area contributed by atoms with Crippen LogP contribution in [0.25, 0.3) is 93.7 Å². The predicted molar refractivity (Wildman–Crippen MR) is 223 cm³/mol. The summed E-state index contributed by atoms with van der Waals surface area (Å²) >= 11 is 0. The van der Waals surface area contributed by atoms with Gasteiger partial charge in [0.2, 0.25) is 0 Å². The summed E-state index contributed by atoms with van der Waals surface area (Å²) in [6.07, 6.45) is 0. The molecule has 56 heavy (non-hydrogen) atoms. The standard InChI is InChI=1S/C49H27N7/c1-52-35-21-23-46-39(26-35)37-17-9-11-19-44(37)56(46)48-25-34(30-51)47(55-43-18-10-8-16-36(43)38-24-31(29-50)20-22-45(38)55)27-40(48)49-53-41(32-12-4-2-5-13-32)28-42(54-49)33-14-6-3-7-15-33/h2-28H. The zero-order valence-electron chi connectivity index (χ0n) is 29.7. The summed E-state index contributed by atoms with van der Waals surface area (Å²) < 4.78 is 4.26. The largest absolute Gasteiger partial charge is 0.309 e. The van der Waals surface area contributed by atoms with Gasteiger partial charge in [-0.3, -0.25) is 0 Å². The molecule has 7 heteroatoms. The normalized spacial score (nSPS) is 11.2. The summed E-state index contributed by atoms with van der Waals surface area (Å²) in [4.78, 5) is 14.3. The summed E-state index contributed by atoms with van der Waals surface area (Å²) in [7, 11) is 0. The lowest BCUT2D eigenvalue weighted by molar-refractivity contribution is 1.11. The molecule has 0 saturated heterocycles. The van der Waals surface area contributed by atoms with E-state index < -0.39 is 0 Å². The molecule has 0 fully saturated rings. The number of para-hydroxylation sites is 2. The Bertz CT molecular complexity index is 3280. The van der Waals surface area contributed by atoms with Crippen LogP contribution in [0.15, 0.2) is 164 Å². The molecule has 10 rings (SSSR count). The first-order chi connectivity index (χ1) is 27.6. The zero-order valence-corrected chi connectivity index (χ0v) is 29.7. The van der Waals surface area contributed by atoms with Gasteiger partial charge in [-0.05, 0) is 66.0 Å². The van der Waals surface area contributed by atoms with Crippen molar-refractivity contribution in [1.29, 1.82) is 10.5 Å². The molecule has 0 aliphatic rings. The molecule has 0 aliphatic heterocycles. The van der Waals surface area contributed by atoms with Crippen molar-refractivity contribution in [2.75, 3.05) is 0 Å². The number of rotatable bonds is 5. The van der Waals surface area contributed by atoms with Gasteiger partial charge in [0.15, 0.2) is 11.5 Å². The van der Waals surface area contributed by atoms with Gasteiger partial charge < -0.3 is 9.13 Å². The van der Waals surface area contributed by atoms with Crippen molar-refractivity contribution in [3.63, 3.8) is 0 Å². The van der Waals surface area contributed by atoms with Crippen LogP contribution in [0, 0.1) is 29.2 Å². The van der Waals surface area contributed by atoms with Crippen molar-refractivity contribution < 1.29 is 0 Å². The molecule has 3 aromatic heterocycles. The maximum absolute atomic E-state index is 11.0. The maximum Gasteiger partial charge on any atom is 0.188 e. The summed E-state index contributed by atoms with van der Waals surface area (Å²) in [5.74, 6) is 0.488. The topological polar surface area (TPSA) is 87.6 Å². The Kier molecular flexibility index (Phi) is 7.49. The fraction of sp³-hybridized carbons (Fsp3) is 0. The Labute approximate surface area is 321 Å². The molecule has 0 N–H and O–H groups in total. The fourth-order valence-electron chi connectivity index (χ4n) is 7.89. The van der Waals surface area contributed by atoms with Crippen molar-refractivity contribution in [1.82, 2.24) is 19.1 Å². The molecule has 0 bridgehead atoms. The number of hydrogen-bond acceptors (Lipinski definition) is 4. The molecule has 0 saturated carbocycles. The van der Waals surface area contributed by atoms with Gasteiger partial charge >= 0.3 is 0 Å². The monoisotopic (exact) mass is 713 g/mol. The first-order valence-corrected chi connectivity index (χ1v) is 18.1. The number of nitriles is 2. The molecule has 7 aromatic carbocycles. The smallest absolute Gasteiger partial charge is 0.188 e. The van der Waals surface area contributed by atoms with Crippen molar-refractivity contribution in [2.45, 2.75) is 0 Å². The average molecular weight is 714 g/mol. The summed E-state index contributed by atoms with van der Waals surface area (Å²) in [6, 6.07) is 58.5. The first kappa shape index (κ1) is 32.3. The van der Waals surface area contributed by atoms with E-state index in [1.165, 1.54) is 0 Å². The number of nitrogens with zero attached hydrogens (tertiary/aromatic N) is 7. The second-order valence-corrected chi connectivity index (χ2v) is 13.6. The van der Waals surface area contributed by atoms with Crippen molar-refractivity contribution in [2.24, 2.45) is 0 Å². The summed E-state index contributed by atoms with van der Waals surface area (Å²) in [5, 5.41) is 24.7. The Balaban J connectivity index is 1.36. The molecule has 3 heterocycles. The molecule has 0 amide bonds. The lowest BCUT2D eigenvalue weighted by Crippen LogP contribution is -2.06. The molecule has 0 aliphatic carbocycles. The first-order valence-electron chi connectivity index (χ1n) is 18.1. The highest BCUT2D eigenvalue weighted by Crippen LogP contribution is 2.41. The Morgan fingerprint density at radius 1 is 0.482 bits per heavy atom. The Morgan fingerprint density at radius 3 is 1.61 bits per heavy atom. The van der Waals surface area contributed by atoms with E-state index in [-0.39, 0.29) is 0 Å². The highest BCUT2D eigenvalue weighted by molar-refractivity contribution is 6.12. The van der Waals surface area contributed by atoms with E-state index in [0.29, 0.717) is 33.9 Å². The van der Waals surface area contributed by atoms with Gasteiger partial charge in [0, 0.05) is 32.8 Å². The van der Waals surface area contributed by atoms with E-state index in [2.05, 4.69) is 38.3 Å². The predicted octanol–water partition coefficient (Wildman–Crippen LogP) is 12.0. The molecular formula is C49H27N7. The van der Waals surface area contributed by atoms with E-state index in [9.17, 15) is 10.5 Å². The highest BCUT2D eigenvalue weighted by atomic mass is 15.0. The van der Waals surface area contributed by atoms with E-state index in [1.54, 1.807) is 0 Å². The fourth-order valence-corrected chi connectivity index (χ4v) is 7.89. The van der Waals surface area contributed by atoms with Gasteiger partial charge in [-0.25, -0.2) is 14.8 Å². The minimum atomic E-state index is 0.446. The van der Waals surface area contributed by atoms with Crippen molar-refractivity contribution >= 4 is 49.3 Å². The van der Waals surface area contributed by atoms with Gasteiger partial charge in [-0.15, -0.1) is 0 Å². The quantitative estimate of drug-likeness (QED) is 0.166. The molecule has 0 atom stereocenters. The van der Waals surface area contributed by atoms with Crippen molar-refractivity contribution in [3.05, 3.63) is 186 Å². The molecule has 10 aromatic rings. The van der Waals surface area contributed by atoms with Crippen LogP contribution in [0.1, 0.15) is 11.1 Å². The van der Waals surface area contributed by atoms with Crippen LogP contribution < -0.4 is 0 Å². The zero-order chi connectivity index (χ0) is 37.8. The third-order valence-electron chi connectivity index (χ3n) is 10.4. The number of aromatic nitrogens is 4. The van der Waals surface area contributed by atoms with Gasteiger partial charge in [0.05, 0.1) is 68.6 Å². The highest BCUT2D eigenvalue weighted by Gasteiger charge is 2.24. The van der Waals surface area contributed by atoms with Crippen LogP contribution in [-0.4, -0.2) is 19.1 Å². The molecule has 0 spiro atoms. The number of benzene rings is 7. The van der Waals surface area contributed by atoms with E-state index in [4.69, 9.17) is 16.5 Å². The third kappa shape index (κ3) is 5.11. The van der Waals surface area contributed by atoms with Crippen LogP contribution in [0.5, 0.6) is 0 Å². The molecular weight excluding hydrogens is 687 g/mol. The summed E-state index contributed by atoms with van der Waals surface area (Å²) in [6.45, 7) is 7.76. The summed E-state index contributed by atoms with van der Waals surface area (Å²) in [5.41, 5.74) is 10.6. The van der Waals surface area contributed by atoms with Gasteiger partial charge in [-0.2, -0.15) is 10.5 Å². The number of fused-ring (bicyclic) bond motifs is 6. The van der Waals surface area contributed by atoms with Crippen LogP contribution in [-0.2, 0) is 0 Å². The minimum absolute atomic E-state index is 0.446. The van der Waals surface area contributed by atoms with Gasteiger partial charge in [0.25, 0.3) is 0 Å². The Morgan fingerprint density at radius 2 is 1.02 bits per heavy atom. The lowest BCUT2D eigenvalue weighted by atomic mass is 10.0. The van der Waals surface area contributed by atoms with Gasteiger partial charge in [-0.1, -0.05) is 103 Å².